The van der Waals surface area contributed by atoms with Gasteiger partial charge < -0.3 is 3.07 Å². The highest BCUT2D eigenvalue weighted by Gasteiger charge is 2.08. The SMILES string of the molecule is O=C(OI)c1ccccc1I. The van der Waals surface area contributed by atoms with Gasteiger partial charge in [-0.25, -0.2) is 4.79 Å². The van der Waals surface area contributed by atoms with Gasteiger partial charge >= 0.3 is 5.97 Å². The van der Waals surface area contributed by atoms with Crippen molar-refractivity contribution in [3.8, 4) is 0 Å². The van der Waals surface area contributed by atoms with Gasteiger partial charge in [-0.15, -0.1) is 0 Å². The van der Waals surface area contributed by atoms with Crippen LogP contribution in [0.2, 0.25) is 0 Å². The molecule has 0 aliphatic heterocycles. The summed E-state index contributed by atoms with van der Waals surface area (Å²) in [6.45, 7) is 0. The van der Waals surface area contributed by atoms with E-state index in [1.807, 2.05) is 18.2 Å². The second-order valence-corrected chi connectivity index (χ2v) is 3.45. The zero-order valence-electron chi connectivity index (χ0n) is 5.38. The third-order valence-electron chi connectivity index (χ3n) is 1.16. The topological polar surface area (TPSA) is 26.3 Å². The van der Waals surface area contributed by atoms with E-state index in [9.17, 15) is 4.79 Å². The van der Waals surface area contributed by atoms with E-state index in [1.54, 1.807) is 29.1 Å². The van der Waals surface area contributed by atoms with E-state index in [0.717, 1.165) is 3.57 Å². The summed E-state index contributed by atoms with van der Waals surface area (Å²) in [4.78, 5) is 11.0. The predicted molar refractivity (Wildman–Crippen MR) is 58.6 cm³/mol. The zero-order chi connectivity index (χ0) is 8.27. The van der Waals surface area contributed by atoms with E-state index in [-0.39, 0.29) is 5.97 Å². The Morgan fingerprint density at radius 1 is 1.36 bits per heavy atom. The first kappa shape index (κ1) is 9.24. The maximum absolute atomic E-state index is 11.0. The summed E-state index contributed by atoms with van der Waals surface area (Å²) in [6.07, 6.45) is 0. The Hall–Kier alpha value is 0.150. The molecule has 0 heterocycles. The zero-order valence-corrected chi connectivity index (χ0v) is 9.70. The fraction of sp³-hybridized carbons (Fsp3) is 0. The molecule has 0 aliphatic carbocycles. The van der Waals surface area contributed by atoms with Gasteiger partial charge in [-0.05, 0) is 34.7 Å². The third-order valence-corrected chi connectivity index (χ3v) is 2.50. The predicted octanol–water partition coefficient (Wildman–Crippen LogP) is 2.80. The van der Waals surface area contributed by atoms with Gasteiger partial charge in [0.2, 0.25) is 0 Å². The quantitative estimate of drug-likeness (QED) is 0.707. The van der Waals surface area contributed by atoms with E-state index in [4.69, 9.17) is 0 Å². The first-order valence-corrected chi connectivity index (χ1v) is 4.79. The highest BCUT2D eigenvalue weighted by atomic mass is 127. The van der Waals surface area contributed by atoms with Gasteiger partial charge in [0, 0.05) is 3.57 Å². The number of hydrogen-bond acceptors (Lipinski definition) is 2. The molecule has 0 radical (unpaired) electrons. The number of carbonyl (C=O) groups excluding carboxylic acids is 1. The number of hydrogen-bond donors (Lipinski definition) is 0. The Labute approximate surface area is 92.1 Å². The molecule has 0 aliphatic rings. The number of carbonyl (C=O) groups is 1. The van der Waals surface area contributed by atoms with Crippen molar-refractivity contribution in [1.29, 1.82) is 0 Å². The minimum absolute atomic E-state index is 0.296. The van der Waals surface area contributed by atoms with Crippen LogP contribution >= 0.6 is 45.6 Å². The Morgan fingerprint density at radius 2 is 2.00 bits per heavy atom. The van der Waals surface area contributed by atoms with Crippen molar-refractivity contribution < 1.29 is 7.86 Å². The van der Waals surface area contributed by atoms with Gasteiger partial charge in [-0.3, -0.25) is 0 Å². The van der Waals surface area contributed by atoms with Crippen LogP contribution in [0.1, 0.15) is 10.4 Å². The van der Waals surface area contributed by atoms with Crippen LogP contribution in [-0.2, 0) is 3.07 Å². The smallest absolute Gasteiger partial charge is 0.348 e. The van der Waals surface area contributed by atoms with E-state index in [1.165, 1.54) is 0 Å². The number of benzene rings is 1. The van der Waals surface area contributed by atoms with E-state index >= 15 is 0 Å². The maximum atomic E-state index is 11.0. The Morgan fingerprint density at radius 3 is 2.55 bits per heavy atom. The minimum Gasteiger partial charge on any atom is -0.391 e. The molecular formula is C7H4I2O2. The first-order chi connectivity index (χ1) is 5.25. The van der Waals surface area contributed by atoms with Crippen LogP contribution in [0.3, 0.4) is 0 Å². The molecule has 0 unspecified atom stereocenters. The van der Waals surface area contributed by atoms with Gasteiger partial charge in [0.25, 0.3) is 0 Å². The molecule has 0 spiro atoms. The largest absolute Gasteiger partial charge is 0.391 e. The first-order valence-electron chi connectivity index (χ1n) is 2.83. The molecule has 0 amide bonds. The van der Waals surface area contributed by atoms with Crippen molar-refractivity contribution in [3.05, 3.63) is 33.4 Å². The summed E-state index contributed by atoms with van der Waals surface area (Å²) in [7, 11) is 0. The molecule has 58 valence electrons. The molecule has 0 atom stereocenters. The molecule has 0 saturated heterocycles. The molecule has 2 nitrogen and oxygen atoms in total. The summed E-state index contributed by atoms with van der Waals surface area (Å²) < 4.78 is 5.45. The van der Waals surface area contributed by atoms with Gasteiger partial charge in [0.05, 0.1) is 5.56 Å². The van der Waals surface area contributed by atoms with Crippen LogP contribution in [0.5, 0.6) is 0 Å². The number of halogens is 2. The van der Waals surface area contributed by atoms with Gasteiger partial charge in [0.15, 0.2) is 23.0 Å². The van der Waals surface area contributed by atoms with E-state index in [2.05, 4.69) is 25.7 Å². The molecule has 1 rings (SSSR count). The molecular weight excluding hydrogens is 370 g/mol. The molecule has 0 saturated carbocycles. The Bertz CT molecular complexity index is 273. The summed E-state index contributed by atoms with van der Waals surface area (Å²) in [5, 5.41) is 0. The second kappa shape index (κ2) is 4.24. The summed E-state index contributed by atoms with van der Waals surface area (Å²) in [5.74, 6) is -0.296. The van der Waals surface area contributed by atoms with Crippen molar-refractivity contribution in [1.82, 2.24) is 0 Å². The van der Waals surface area contributed by atoms with Crippen LogP contribution in [-0.4, -0.2) is 5.97 Å². The molecule has 0 aromatic heterocycles. The molecule has 0 bridgehead atoms. The van der Waals surface area contributed by atoms with Crippen LogP contribution < -0.4 is 0 Å². The monoisotopic (exact) mass is 374 g/mol. The van der Waals surface area contributed by atoms with Gasteiger partial charge in [-0.2, -0.15) is 0 Å². The standard InChI is InChI=1S/C7H4I2O2/c8-6-4-2-1-3-5(6)7(10)11-9/h1-4H. The molecule has 11 heavy (non-hydrogen) atoms. The average molecular weight is 374 g/mol. The van der Waals surface area contributed by atoms with Crippen molar-refractivity contribution in [3.63, 3.8) is 0 Å². The van der Waals surface area contributed by atoms with Crippen molar-refractivity contribution in [2.45, 2.75) is 0 Å². The fourth-order valence-electron chi connectivity index (χ4n) is 0.668. The van der Waals surface area contributed by atoms with Crippen LogP contribution in [0.25, 0.3) is 0 Å². The Balaban J connectivity index is 3.03. The van der Waals surface area contributed by atoms with Crippen LogP contribution in [0, 0.1) is 3.57 Å². The molecule has 1 aromatic carbocycles. The van der Waals surface area contributed by atoms with Crippen LogP contribution in [0.4, 0.5) is 0 Å². The van der Waals surface area contributed by atoms with Crippen molar-refractivity contribution in [2.24, 2.45) is 0 Å². The van der Waals surface area contributed by atoms with Gasteiger partial charge in [-0.1, -0.05) is 12.1 Å². The average Bonchev–Trinajstić information content (AvgIpc) is 2.04. The summed E-state index contributed by atoms with van der Waals surface area (Å²) in [6, 6.07) is 7.29. The lowest BCUT2D eigenvalue weighted by Gasteiger charge is -1.98. The lowest BCUT2D eigenvalue weighted by atomic mass is 10.2. The Kier molecular flexibility index (Phi) is 3.57. The highest BCUT2D eigenvalue weighted by molar-refractivity contribution is 14.1. The molecule has 0 fully saturated rings. The maximum Gasteiger partial charge on any atom is 0.348 e. The van der Waals surface area contributed by atoms with Crippen molar-refractivity contribution >= 4 is 51.6 Å². The second-order valence-electron chi connectivity index (χ2n) is 1.84. The molecule has 1 aromatic rings. The lowest BCUT2D eigenvalue weighted by Crippen LogP contribution is -1.99. The van der Waals surface area contributed by atoms with Crippen molar-refractivity contribution in [2.75, 3.05) is 0 Å². The third kappa shape index (κ3) is 2.29. The van der Waals surface area contributed by atoms with E-state index in [0.29, 0.717) is 5.56 Å². The summed E-state index contributed by atoms with van der Waals surface area (Å²) >= 11 is 3.68. The molecule has 4 heteroatoms. The fourth-order valence-corrected chi connectivity index (χ4v) is 1.51. The molecule has 0 N–H and O–H groups in total. The van der Waals surface area contributed by atoms with Gasteiger partial charge in [0.1, 0.15) is 0 Å². The van der Waals surface area contributed by atoms with E-state index < -0.39 is 0 Å². The lowest BCUT2D eigenvalue weighted by molar-refractivity contribution is 0.0799. The summed E-state index contributed by atoms with van der Waals surface area (Å²) in [5.41, 5.74) is 0.613. The minimum atomic E-state index is -0.296. The highest BCUT2D eigenvalue weighted by Crippen LogP contribution is 2.13. The number of rotatable bonds is 1. The normalized spacial score (nSPS) is 9.27. The van der Waals surface area contributed by atoms with Crippen LogP contribution in [0.15, 0.2) is 24.3 Å².